The van der Waals surface area contributed by atoms with Gasteiger partial charge in [0.25, 0.3) is 0 Å². The van der Waals surface area contributed by atoms with Crippen LogP contribution in [0.25, 0.3) is 0 Å². The van der Waals surface area contributed by atoms with E-state index < -0.39 is 0 Å². The first kappa shape index (κ1) is 17.4. The Morgan fingerprint density at radius 1 is 1.40 bits per heavy atom. The second-order valence-corrected chi connectivity index (χ2v) is 5.51. The molecular formula is C15H31N3O2. The summed E-state index contributed by atoms with van der Waals surface area (Å²) in [6, 6.07) is -0.155. The standard InChI is InChI=1S/C15H31N3O2/c1-4-6-7-8-16-15(19)13(3)17-11-14-12-18(5-2)9-10-20-14/h13-14,17H,4-12H2,1-3H3,(H,16,19). The molecule has 0 radical (unpaired) electrons. The van der Waals surface area contributed by atoms with Crippen molar-refractivity contribution >= 4 is 5.91 Å². The summed E-state index contributed by atoms with van der Waals surface area (Å²) in [6.07, 6.45) is 3.60. The summed E-state index contributed by atoms with van der Waals surface area (Å²) in [5.74, 6) is 0.0873. The number of hydrogen-bond donors (Lipinski definition) is 2. The molecule has 2 atom stereocenters. The molecule has 0 aromatic carbocycles. The molecule has 2 N–H and O–H groups in total. The maximum Gasteiger partial charge on any atom is 0.236 e. The van der Waals surface area contributed by atoms with Crippen molar-refractivity contribution in [2.45, 2.75) is 52.2 Å². The molecule has 0 saturated carbocycles. The summed E-state index contributed by atoms with van der Waals surface area (Å²) in [4.78, 5) is 14.3. The maximum absolute atomic E-state index is 11.9. The molecule has 1 rings (SSSR count). The monoisotopic (exact) mass is 285 g/mol. The lowest BCUT2D eigenvalue weighted by Crippen LogP contribution is -2.50. The molecule has 118 valence electrons. The summed E-state index contributed by atoms with van der Waals surface area (Å²) in [6.45, 7) is 11.6. The van der Waals surface area contributed by atoms with E-state index in [4.69, 9.17) is 4.74 Å². The highest BCUT2D eigenvalue weighted by Gasteiger charge is 2.20. The zero-order valence-corrected chi connectivity index (χ0v) is 13.3. The zero-order valence-electron chi connectivity index (χ0n) is 13.3. The normalized spacial score (nSPS) is 21.6. The van der Waals surface area contributed by atoms with Crippen LogP contribution in [0.1, 0.15) is 40.0 Å². The minimum absolute atomic E-state index is 0.0873. The Hall–Kier alpha value is -0.650. The fourth-order valence-corrected chi connectivity index (χ4v) is 2.33. The number of ether oxygens (including phenoxy) is 1. The molecule has 0 bridgehead atoms. The summed E-state index contributed by atoms with van der Waals surface area (Å²) >= 11 is 0. The van der Waals surface area contributed by atoms with Gasteiger partial charge in [0.1, 0.15) is 0 Å². The van der Waals surface area contributed by atoms with Gasteiger partial charge in [-0.2, -0.15) is 0 Å². The number of morpholine rings is 1. The van der Waals surface area contributed by atoms with E-state index in [9.17, 15) is 4.79 Å². The van der Waals surface area contributed by atoms with Gasteiger partial charge in [0.2, 0.25) is 5.91 Å². The number of rotatable bonds is 9. The van der Waals surface area contributed by atoms with Crippen molar-refractivity contribution < 1.29 is 9.53 Å². The molecule has 5 heteroatoms. The van der Waals surface area contributed by atoms with Gasteiger partial charge in [-0.05, 0) is 19.9 Å². The quantitative estimate of drug-likeness (QED) is 0.620. The van der Waals surface area contributed by atoms with Crippen molar-refractivity contribution in [1.82, 2.24) is 15.5 Å². The molecule has 1 fully saturated rings. The van der Waals surface area contributed by atoms with Gasteiger partial charge in [-0.15, -0.1) is 0 Å². The van der Waals surface area contributed by atoms with Crippen LogP contribution >= 0.6 is 0 Å². The smallest absolute Gasteiger partial charge is 0.236 e. The van der Waals surface area contributed by atoms with E-state index in [0.29, 0.717) is 0 Å². The highest BCUT2D eigenvalue weighted by Crippen LogP contribution is 2.04. The van der Waals surface area contributed by atoms with Gasteiger partial charge >= 0.3 is 0 Å². The molecule has 0 aromatic heterocycles. The van der Waals surface area contributed by atoms with E-state index in [-0.39, 0.29) is 18.1 Å². The number of nitrogens with zero attached hydrogens (tertiary/aromatic N) is 1. The number of amides is 1. The molecule has 1 heterocycles. The Balaban J connectivity index is 2.14. The lowest BCUT2D eigenvalue weighted by molar-refractivity contribution is -0.123. The van der Waals surface area contributed by atoms with Gasteiger partial charge in [-0.1, -0.05) is 26.7 Å². The Morgan fingerprint density at radius 2 is 2.20 bits per heavy atom. The number of likely N-dealkylation sites (N-methyl/N-ethyl adjacent to an activating group) is 1. The molecule has 1 saturated heterocycles. The van der Waals surface area contributed by atoms with Crippen molar-refractivity contribution in [3.05, 3.63) is 0 Å². The van der Waals surface area contributed by atoms with Gasteiger partial charge in [-0.3, -0.25) is 9.69 Å². The second-order valence-electron chi connectivity index (χ2n) is 5.51. The Kier molecular flexibility index (Phi) is 8.82. The van der Waals surface area contributed by atoms with Gasteiger partial charge < -0.3 is 15.4 Å². The topological polar surface area (TPSA) is 53.6 Å². The largest absolute Gasteiger partial charge is 0.374 e. The average Bonchev–Trinajstić information content (AvgIpc) is 2.49. The molecule has 0 aromatic rings. The summed E-state index contributed by atoms with van der Waals surface area (Å²) in [7, 11) is 0. The summed E-state index contributed by atoms with van der Waals surface area (Å²) < 4.78 is 5.72. The van der Waals surface area contributed by atoms with E-state index in [1.807, 2.05) is 6.92 Å². The van der Waals surface area contributed by atoms with E-state index >= 15 is 0 Å². The van der Waals surface area contributed by atoms with E-state index in [1.54, 1.807) is 0 Å². The number of hydrogen-bond acceptors (Lipinski definition) is 4. The fourth-order valence-electron chi connectivity index (χ4n) is 2.33. The highest BCUT2D eigenvalue weighted by molar-refractivity contribution is 5.81. The Bertz CT molecular complexity index is 274. The van der Waals surface area contributed by atoms with Crippen LogP contribution in [-0.2, 0) is 9.53 Å². The Labute approximate surface area is 123 Å². The predicted octanol–water partition coefficient (Wildman–Crippen LogP) is 0.992. The van der Waals surface area contributed by atoms with Crippen molar-refractivity contribution in [3.63, 3.8) is 0 Å². The lowest BCUT2D eigenvalue weighted by atomic mass is 10.2. The van der Waals surface area contributed by atoms with Crippen LogP contribution in [0.4, 0.5) is 0 Å². The molecule has 20 heavy (non-hydrogen) atoms. The van der Waals surface area contributed by atoms with Gasteiger partial charge in [0.15, 0.2) is 0 Å². The average molecular weight is 285 g/mol. The van der Waals surface area contributed by atoms with Crippen LogP contribution in [0.15, 0.2) is 0 Å². The zero-order chi connectivity index (χ0) is 14.8. The number of unbranched alkanes of at least 4 members (excludes halogenated alkanes) is 2. The van der Waals surface area contributed by atoms with E-state index in [2.05, 4.69) is 29.4 Å². The number of carbonyl (C=O) groups excluding carboxylic acids is 1. The van der Waals surface area contributed by atoms with Gasteiger partial charge in [0, 0.05) is 26.2 Å². The Morgan fingerprint density at radius 3 is 2.90 bits per heavy atom. The minimum atomic E-state index is -0.155. The molecule has 5 nitrogen and oxygen atoms in total. The van der Waals surface area contributed by atoms with E-state index in [1.165, 1.54) is 12.8 Å². The predicted molar refractivity (Wildman–Crippen MR) is 81.9 cm³/mol. The third-order valence-corrected chi connectivity index (χ3v) is 3.79. The highest BCUT2D eigenvalue weighted by atomic mass is 16.5. The first-order chi connectivity index (χ1) is 9.67. The van der Waals surface area contributed by atoms with Crippen molar-refractivity contribution in [2.75, 3.05) is 39.3 Å². The van der Waals surface area contributed by atoms with Crippen LogP contribution in [-0.4, -0.2) is 62.3 Å². The fraction of sp³-hybridized carbons (Fsp3) is 0.933. The van der Waals surface area contributed by atoms with Crippen molar-refractivity contribution in [3.8, 4) is 0 Å². The molecule has 2 unspecified atom stereocenters. The first-order valence-electron chi connectivity index (χ1n) is 8.02. The molecule has 0 spiro atoms. The molecular weight excluding hydrogens is 254 g/mol. The van der Waals surface area contributed by atoms with Crippen LogP contribution in [0.3, 0.4) is 0 Å². The number of carbonyl (C=O) groups is 1. The second kappa shape index (κ2) is 10.1. The third-order valence-electron chi connectivity index (χ3n) is 3.79. The number of nitrogens with one attached hydrogen (secondary N) is 2. The third kappa shape index (κ3) is 6.68. The minimum Gasteiger partial charge on any atom is -0.374 e. The molecule has 1 aliphatic rings. The van der Waals surface area contributed by atoms with Crippen molar-refractivity contribution in [1.29, 1.82) is 0 Å². The SMILES string of the molecule is CCCCCNC(=O)C(C)NCC1CN(CC)CCO1. The summed E-state index contributed by atoms with van der Waals surface area (Å²) in [5, 5.41) is 6.25. The van der Waals surface area contributed by atoms with Crippen molar-refractivity contribution in [2.24, 2.45) is 0 Å². The first-order valence-corrected chi connectivity index (χ1v) is 8.02. The van der Waals surface area contributed by atoms with Gasteiger partial charge in [0.05, 0.1) is 18.8 Å². The van der Waals surface area contributed by atoms with Crippen LogP contribution in [0.2, 0.25) is 0 Å². The van der Waals surface area contributed by atoms with E-state index in [0.717, 1.165) is 45.8 Å². The maximum atomic E-state index is 11.9. The van der Waals surface area contributed by atoms with Crippen LogP contribution in [0.5, 0.6) is 0 Å². The van der Waals surface area contributed by atoms with Crippen LogP contribution in [0, 0.1) is 0 Å². The molecule has 1 amide bonds. The van der Waals surface area contributed by atoms with Gasteiger partial charge in [-0.25, -0.2) is 0 Å². The lowest BCUT2D eigenvalue weighted by Gasteiger charge is -2.32. The van der Waals surface area contributed by atoms with Crippen LogP contribution < -0.4 is 10.6 Å². The molecule has 0 aliphatic carbocycles. The molecule has 1 aliphatic heterocycles. The summed E-state index contributed by atoms with van der Waals surface area (Å²) in [5.41, 5.74) is 0.